The number of pyridine rings is 1. The van der Waals surface area contributed by atoms with E-state index in [1.165, 1.54) is 16.8 Å². The lowest BCUT2D eigenvalue weighted by Gasteiger charge is -2.30. The predicted molar refractivity (Wildman–Crippen MR) is 152 cm³/mol. The lowest BCUT2D eigenvalue weighted by molar-refractivity contribution is -0.137. The number of aryl methyl sites for hydroxylation is 1. The summed E-state index contributed by atoms with van der Waals surface area (Å²) in [5.41, 5.74) is 0.964. The van der Waals surface area contributed by atoms with E-state index in [-0.39, 0.29) is 12.2 Å². The minimum atomic E-state index is -4.67. The first-order valence-electron chi connectivity index (χ1n) is 12.7. The van der Waals surface area contributed by atoms with Gasteiger partial charge < -0.3 is 5.32 Å². The number of aromatic nitrogens is 2. The number of anilines is 2. The molecular formula is C29H21F3N4O4S2. The fraction of sp³-hybridized carbons (Fsp3) is 0.207. The second-order valence-corrected chi connectivity index (χ2v) is 12.0. The molecule has 214 valence electrons. The number of hydrogen-bond acceptors (Lipinski definition) is 7. The quantitative estimate of drug-likeness (QED) is 0.317. The van der Waals surface area contributed by atoms with Crippen LogP contribution in [0.2, 0.25) is 0 Å². The van der Waals surface area contributed by atoms with Gasteiger partial charge in [0.2, 0.25) is 17.7 Å². The molecule has 2 aliphatic heterocycles. The Kier molecular flexibility index (Phi) is 7.01. The van der Waals surface area contributed by atoms with Gasteiger partial charge in [-0.25, -0.2) is 4.90 Å². The third-order valence-electron chi connectivity index (χ3n) is 7.16. The van der Waals surface area contributed by atoms with Gasteiger partial charge in [-0.2, -0.15) is 13.2 Å². The molecule has 8 nitrogen and oxygen atoms in total. The van der Waals surface area contributed by atoms with Crippen molar-refractivity contribution >= 4 is 52.2 Å². The molecule has 0 radical (unpaired) electrons. The SMILES string of the molecule is Cc1ccc(NC(=O)Cn2c3c(sc2=O)[C@@H](c2cccnc2)[C@H]2C(=O)N(c4cccc(C(F)(F)F)c4)C(=O)[C@H]2S3)cc1. The third kappa shape index (κ3) is 4.92. The van der Waals surface area contributed by atoms with Gasteiger partial charge in [-0.1, -0.05) is 52.9 Å². The molecule has 2 aliphatic rings. The molecule has 0 spiro atoms. The van der Waals surface area contributed by atoms with E-state index in [1.807, 2.05) is 19.1 Å². The zero-order valence-electron chi connectivity index (χ0n) is 21.8. The van der Waals surface area contributed by atoms with Crippen LogP contribution in [0.3, 0.4) is 0 Å². The van der Waals surface area contributed by atoms with Crippen LogP contribution in [0.5, 0.6) is 0 Å². The number of benzene rings is 2. The van der Waals surface area contributed by atoms with Crippen molar-refractivity contribution in [1.29, 1.82) is 0 Å². The maximum absolute atomic E-state index is 13.8. The molecular weight excluding hydrogens is 589 g/mol. The van der Waals surface area contributed by atoms with E-state index >= 15 is 0 Å². The van der Waals surface area contributed by atoms with Crippen molar-refractivity contribution in [2.24, 2.45) is 5.92 Å². The summed E-state index contributed by atoms with van der Waals surface area (Å²) in [4.78, 5) is 58.7. The number of hydrogen-bond donors (Lipinski definition) is 1. The normalized spacial score (nSPS) is 19.9. The molecule has 2 aromatic heterocycles. The maximum Gasteiger partial charge on any atom is 0.416 e. The Bertz CT molecular complexity index is 1770. The average Bonchev–Trinajstić information content (AvgIpc) is 3.40. The smallest absolute Gasteiger partial charge is 0.325 e. The minimum absolute atomic E-state index is 0.182. The molecule has 1 fully saturated rings. The molecule has 1 N–H and O–H groups in total. The number of nitrogens with zero attached hydrogens (tertiary/aromatic N) is 3. The van der Waals surface area contributed by atoms with E-state index in [2.05, 4.69) is 10.3 Å². The lowest BCUT2D eigenvalue weighted by atomic mass is 9.84. The molecule has 0 saturated carbocycles. The summed E-state index contributed by atoms with van der Waals surface area (Å²) in [6, 6.07) is 14.6. The Balaban J connectivity index is 1.39. The van der Waals surface area contributed by atoms with Crippen LogP contribution in [0.25, 0.3) is 0 Å². The van der Waals surface area contributed by atoms with Crippen molar-refractivity contribution in [1.82, 2.24) is 9.55 Å². The van der Waals surface area contributed by atoms with Gasteiger partial charge in [0, 0.05) is 28.9 Å². The van der Waals surface area contributed by atoms with Gasteiger partial charge in [0.05, 0.1) is 22.2 Å². The number of alkyl halides is 3. The number of thiazole rings is 1. The van der Waals surface area contributed by atoms with Crippen LogP contribution in [0.1, 0.15) is 27.5 Å². The van der Waals surface area contributed by atoms with E-state index in [9.17, 15) is 32.3 Å². The van der Waals surface area contributed by atoms with Gasteiger partial charge in [0.25, 0.3) is 0 Å². The fourth-order valence-corrected chi connectivity index (χ4v) is 8.00. The molecule has 13 heteroatoms. The summed E-state index contributed by atoms with van der Waals surface area (Å²) < 4.78 is 41.6. The number of amides is 3. The first-order valence-corrected chi connectivity index (χ1v) is 14.4. The van der Waals surface area contributed by atoms with Crippen molar-refractivity contribution < 1.29 is 27.6 Å². The fourth-order valence-electron chi connectivity index (χ4n) is 5.23. The molecule has 0 unspecified atom stereocenters. The number of carbonyl (C=O) groups is 3. The van der Waals surface area contributed by atoms with Crippen LogP contribution >= 0.6 is 23.1 Å². The van der Waals surface area contributed by atoms with Crippen LogP contribution in [0.4, 0.5) is 24.5 Å². The monoisotopic (exact) mass is 610 g/mol. The molecule has 3 atom stereocenters. The number of nitrogens with one attached hydrogen (secondary N) is 1. The third-order valence-corrected chi connectivity index (χ3v) is 9.77. The molecule has 4 heterocycles. The summed E-state index contributed by atoms with van der Waals surface area (Å²) in [5, 5.41) is 2.09. The highest BCUT2D eigenvalue weighted by molar-refractivity contribution is 8.00. The van der Waals surface area contributed by atoms with Gasteiger partial charge in [0.15, 0.2) is 0 Å². The van der Waals surface area contributed by atoms with Gasteiger partial charge in [-0.05, 0) is 48.9 Å². The van der Waals surface area contributed by atoms with Gasteiger partial charge in [0.1, 0.15) is 11.8 Å². The highest BCUT2D eigenvalue weighted by Crippen LogP contribution is 2.54. The topological polar surface area (TPSA) is 101 Å². The van der Waals surface area contributed by atoms with E-state index in [1.54, 1.807) is 30.5 Å². The standard InChI is InChI=1S/C29H21F3N4O4S2/c1-15-7-9-18(10-8-15)34-20(37)14-35-27-24(42-28(35)40)21(16-4-3-11-33-13-16)22-23(41-27)26(39)36(25(22)38)19-6-2-5-17(12-19)29(30,31)32/h2-13,21-23H,14H2,1H3,(H,34,37)/t21-,22+,23-/m0/s1. The highest BCUT2D eigenvalue weighted by Gasteiger charge is 2.57. The Morgan fingerprint density at radius 2 is 1.79 bits per heavy atom. The zero-order valence-corrected chi connectivity index (χ0v) is 23.4. The Hall–Kier alpha value is -4.23. The van der Waals surface area contributed by atoms with Crippen molar-refractivity contribution in [2.45, 2.75) is 35.8 Å². The average molecular weight is 611 g/mol. The number of imide groups is 1. The van der Waals surface area contributed by atoms with E-state index < -0.39 is 51.4 Å². The van der Waals surface area contributed by atoms with Crippen LogP contribution in [0, 0.1) is 12.8 Å². The summed E-state index contributed by atoms with van der Waals surface area (Å²) >= 11 is 1.86. The number of thioether (sulfide) groups is 1. The molecule has 0 bridgehead atoms. The van der Waals surface area contributed by atoms with Crippen molar-refractivity contribution in [2.75, 3.05) is 10.2 Å². The second kappa shape index (κ2) is 10.6. The first kappa shape index (κ1) is 27.9. The molecule has 3 amide bonds. The van der Waals surface area contributed by atoms with Crippen LogP contribution < -0.4 is 15.1 Å². The summed E-state index contributed by atoms with van der Waals surface area (Å²) in [7, 11) is 0. The molecule has 2 aromatic carbocycles. The molecule has 42 heavy (non-hydrogen) atoms. The highest BCUT2D eigenvalue weighted by atomic mass is 32.2. The Morgan fingerprint density at radius 3 is 2.48 bits per heavy atom. The van der Waals surface area contributed by atoms with E-state index in [0.717, 1.165) is 51.8 Å². The van der Waals surface area contributed by atoms with E-state index in [0.29, 0.717) is 21.2 Å². The van der Waals surface area contributed by atoms with Crippen LogP contribution in [-0.4, -0.2) is 32.5 Å². The Morgan fingerprint density at radius 1 is 1.02 bits per heavy atom. The molecule has 4 aromatic rings. The summed E-state index contributed by atoms with van der Waals surface area (Å²) in [6.07, 6.45) is -1.59. The first-order chi connectivity index (χ1) is 20.0. The maximum atomic E-state index is 13.8. The number of fused-ring (bicyclic) bond motifs is 2. The second-order valence-electron chi connectivity index (χ2n) is 9.93. The zero-order chi connectivity index (χ0) is 29.8. The molecule has 0 aliphatic carbocycles. The predicted octanol–water partition coefficient (Wildman–Crippen LogP) is 5.07. The van der Waals surface area contributed by atoms with Gasteiger partial charge in [-0.3, -0.25) is 28.7 Å². The molecule has 1 saturated heterocycles. The summed E-state index contributed by atoms with van der Waals surface area (Å²) in [6.45, 7) is 1.58. The largest absolute Gasteiger partial charge is 0.416 e. The van der Waals surface area contributed by atoms with Crippen molar-refractivity contribution in [3.8, 4) is 0 Å². The summed E-state index contributed by atoms with van der Waals surface area (Å²) in [5.74, 6) is -3.58. The van der Waals surface area contributed by atoms with E-state index in [4.69, 9.17) is 0 Å². The van der Waals surface area contributed by atoms with Crippen molar-refractivity contribution in [3.63, 3.8) is 0 Å². The minimum Gasteiger partial charge on any atom is -0.325 e. The Labute approximate surface area is 245 Å². The van der Waals surface area contributed by atoms with Gasteiger partial charge in [-0.15, -0.1) is 0 Å². The number of halogens is 3. The van der Waals surface area contributed by atoms with Crippen molar-refractivity contribution in [3.05, 3.63) is 104 Å². The molecule has 6 rings (SSSR count). The van der Waals surface area contributed by atoms with Gasteiger partial charge >= 0.3 is 11.0 Å². The van der Waals surface area contributed by atoms with Crippen LogP contribution in [-0.2, 0) is 27.1 Å². The van der Waals surface area contributed by atoms with Crippen LogP contribution in [0.15, 0.2) is 82.9 Å². The lowest BCUT2D eigenvalue weighted by Crippen LogP contribution is -2.33. The number of rotatable bonds is 5. The number of carbonyl (C=O) groups excluding carboxylic acids is 3.